The second kappa shape index (κ2) is 6.43. The van der Waals surface area contributed by atoms with Crippen LogP contribution in [-0.4, -0.2) is 17.3 Å². The molecule has 1 N–H and O–H groups in total. The van der Waals surface area contributed by atoms with Crippen molar-refractivity contribution >= 4 is 5.69 Å². The number of hydrogen-bond donors (Lipinski definition) is 1. The van der Waals surface area contributed by atoms with Crippen LogP contribution in [-0.2, 0) is 6.54 Å². The molecule has 1 aromatic heterocycles. The molecule has 0 unspecified atom stereocenters. The Morgan fingerprint density at radius 2 is 2.00 bits per heavy atom. The van der Waals surface area contributed by atoms with Gasteiger partial charge in [-0.15, -0.1) is 10.2 Å². The zero-order valence-corrected chi connectivity index (χ0v) is 12.2. The Hall–Kier alpha value is -2.96. The molecule has 3 rings (SSSR count). The first kappa shape index (κ1) is 15.0. The number of hydrogen-bond acceptors (Lipinski definition) is 5. The summed E-state index contributed by atoms with van der Waals surface area (Å²) in [6, 6.07) is 10.5. The van der Waals surface area contributed by atoms with Gasteiger partial charge in [0.2, 0.25) is 11.8 Å². The molecule has 0 radical (unpaired) electrons. The highest BCUT2D eigenvalue weighted by Crippen LogP contribution is 2.23. The van der Waals surface area contributed by atoms with Gasteiger partial charge in [-0.1, -0.05) is 6.07 Å². The summed E-state index contributed by atoms with van der Waals surface area (Å²) in [6.07, 6.45) is 0. The number of nitrogens with zero attached hydrogens (tertiary/aromatic N) is 2. The largest absolute Gasteiger partial charge is 0.497 e. The number of benzene rings is 2. The summed E-state index contributed by atoms with van der Waals surface area (Å²) in [5, 5.41) is 10.6. The van der Waals surface area contributed by atoms with E-state index in [9.17, 15) is 8.78 Å². The topological polar surface area (TPSA) is 60.2 Å². The molecular weight excluding hydrogens is 304 g/mol. The van der Waals surface area contributed by atoms with Gasteiger partial charge >= 0.3 is 0 Å². The predicted molar refractivity (Wildman–Crippen MR) is 80.0 cm³/mol. The quantitative estimate of drug-likeness (QED) is 0.778. The van der Waals surface area contributed by atoms with E-state index in [2.05, 4.69) is 15.5 Å². The monoisotopic (exact) mass is 317 g/mol. The van der Waals surface area contributed by atoms with Gasteiger partial charge in [-0.2, -0.15) is 0 Å². The van der Waals surface area contributed by atoms with E-state index >= 15 is 0 Å². The molecule has 5 nitrogen and oxygen atoms in total. The molecule has 0 aliphatic heterocycles. The Balaban J connectivity index is 1.72. The number of anilines is 1. The summed E-state index contributed by atoms with van der Waals surface area (Å²) in [6.45, 7) is 0.125. The minimum absolute atomic E-state index is 0.125. The number of aromatic nitrogens is 2. The first-order chi connectivity index (χ1) is 11.2. The Kier molecular flexibility index (Phi) is 4.18. The van der Waals surface area contributed by atoms with E-state index in [1.54, 1.807) is 19.2 Å². The molecule has 0 spiro atoms. The highest BCUT2D eigenvalue weighted by molar-refractivity contribution is 5.55. The fourth-order valence-electron chi connectivity index (χ4n) is 2.00. The van der Waals surface area contributed by atoms with Gasteiger partial charge < -0.3 is 14.5 Å². The first-order valence-electron chi connectivity index (χ1n) is 6.81. The van der Waals surface area contributed by atoms with Gasteiger partial charge in [0, 0.05) is 11.6 Å². The third-order valence-electron chi connectivity index (χ3n) is 3.14. The zero-order valence-electron chi connectivity index (χ0n) is 12.2. The van der Waals surface area contributed by atoms with E-state index in [1.807, 2.05) is 12.1 Å². The van der Waals surface area contributed by atoms with Crippen molar-refractivity contribution in [3.63, 3.8) is 0 Å². The summed E-state index contributed by atoms with van der Waals surface area (Å²) < 4.78 is 37.0. The van der Waals surface area contributed by atoms with Crippen LogP contribution in [0.4, 0.5) is 14.5 Å². The molecule has 0 atom stereocenters. The van der Waals surface area contributed by atoms with Crippen LogP contribution in [0.2, 0.25) is 0 Å². The third-order valence-corrected chi connectivity index (χ3v) is 3.14. The smallest absolute Gasteiger partial charge is 0.247 e. The van der Waals surface area contributed by atoms with Crippen LogP contribution < -0.4 is 10.1 Å². The van der Waals surface area contributed by atoms with Crippen molar-refractivity contribution < 1.29 is 17.9 Å². The average Bonchev–Trinajstić information content (AvgIpc) is 3.03. The first-order valence-corrected chi connectivity index (χ1v) is 6.81. The second-order valence-electron chi connectivity index (χ2n) is 4.71. The van der Waals surface area contributed by atoms with Crippen LogP contribution >= 0.6 is 0 Å². The molecule has 3 aromatic rings. The van der Waals surface area contributed by atoms with E-state index in [1.165, 1.54) is 12.1 Å². The highest BCUT2D eigenvalue weighted by atomic mass is 19.1. The molecule has 0 saturated heterocycles. The molecule has 118 valence electrons. The number of nitrogens with one attached hydrogen (secondary N) is 1. The van der Waals surface area contributed by atoms with Gasteiger partial charge in [0.25, 0.3) is 0 Å². The Bertz CT molecular complexity index is 821. The van der Waals surface area contributed by atoms with Crippen molar-refractivity contribution in [1.82, 2.24) is 10.2 Å². The van der Waals surface area contributed by atoms with Crippen LogP contribution in [0.25, 0.3) is 11.5 Å². The maximum absolute atomic E-state index is 13.5. The van der Waals surface area contributed by atoms with Gasteiger partial charge in [-0.3, -0.25) is 0 Å². The van der Waals surface area contributed by atoms with E-state index < -0.39 is 11.6 Å². The van der Waals surface area contributed by atoms with Crippen LogP contribution in [0.15, 0.2) is 46.9 Å². The molecular formula is C16H13F2N3O2. The maximum atomic E-state index is 13.5. The van der Waals surface area contributed by atoms with E-state index in [4.69, 9.17) is 9.15 Å². The summed E-state index contributed by atoms with van der Waals surface area (Å²) in [4.78, 5) is 0. The summed E-state index contributed by atoms with van der Waals surface area (Å²) in [7, 11) is 1.57. The molecule has 0 aliphatic carbocycles. The van der Waals surface area contributed by atoms with Crippen molar-refractivity contribution in [2.24, 2.45) is 0 Å². The Morgan fingerprint density at radius 1 is 1.13 bits per heavy atom. The summed E-state index contributed by atoms with van der Waals surface area (Å²) in [5.41, 5.74) is 0.878. The lowest BCUT2D eigenvalue weighted by Gasteiger charge is -2.04. The normalized spacial score (nSPS) is 10.6. The Labute approximate surface area is 130 Å². The highest BCUT2D eigenvalue weighted by Gasteiger charge is 2.10. The van der Waals surface area contributed by atoms with Gasteiger partial charge in [-0.25, -0.2) is 8.78 Å². The SMILES string of the molecule is COc1cccc(-c2nnc(CNc3ccc(F)cc3F)o2)c1. The van der Waals surface area contributed by atoms with Crippen molar-refractivity contribution in [3.05, 3.63) is 60.0 Å². The lowest BCUT2D eigenvalue weighted by atomic mass is 10.2. The number of halogens is 2. The Morgan fingerprint density at radius 3 is 2.78 bits per heavy atom. The average molecular weight is 317 g/mol. The molecule has 0 aliphatic rings. The van der Waals surface area contributed by atoms with Gasteiger partial charge in [-0.05, 0) is 30.3 Å². The predicted octanol–water partition coefficient (Wildman–Crippen LogP) is 3.64. The second-order valence-corrected chi connectivity index (χ2v) is 4.71. The van der Waals surface area contributed by atoms with Gasteiger partial charge in [0.05, 0.1) is 19.3 Å². The van der Waals surface area contributed by atoms with E-state index in [0.717, 1.165) is 11.6 Å². The molecule has 0 saturated carbocycles. The fourth-order valence-corrected chi connectivity index (χ4v) is 2.00. The minimum Gasteiger partial charge on any atom is -0.497 e. The molecule has 0 fully saturated rings. The summed E-state index contributed by atoms with van der Waals surface area (Å²) >= 11 is 0. The van der Waals surface area contributed by atoms with Crippen LogP contribution in [0, 0.1) is 11.6 Å². The number of methoxy groups -OCH3 is 1. The summed E-state index contributed by atoms with van der Waals surface area (Å²) in [5.74, 6) is -0.0238. The van der Waals surface area contributed by atoms with Crippen molar-refractivity contribution in [1.29, 1.82) is 0 Å². The molecule has 1 heterocycles. The molecule has 0 bridgehead atoms. The van der Waals surface area contributed by atoms with E-state index in [-0.39, 0.29) is 18.1 Å². The molecule has 7 heteroatoms. The molecule has 2 aromatic carbocycles. The van der Waals surface area contributed by atoms with E-state index in [0.29, 0.717) is 11.6 Å². The third kappa shape index (κ3) is 3.45. The van der Waals surface area contributed by atoms with Gasteiger partial charge in [0.1, 0.15) is 17.4 Å². The van der Waals surface area contributed by atoms with Crippen LogP contribution in [0.3, 0.4) is 0 Å². The molecule has 0 amide bonds. The lowest BCUT2D eigenvalue weighted by Crippen LogP contribution is -2.02. The van der Waals surface area contributed by atoms with Crippen molar-refractivity contribution in [3.8, 4) is 17.2 Å². The number of rotatable bonds is 5. The molecule has 23 heavy (non-hydrogen) atoms. The van der Waals surface area contributed by atoms with Crippen molar-refractivity contribution in [2.45, 2.75) is 6.54 Å². The lowest BCUT2D eigenvalue weighted by molar-refractivity contribution is 0.414. The van der Waals surface area contributed by atoms with Gasteiger partial charge in [0.15, 0.2) is 0 Å². The van der Waals surface area contributed by atoms with Crippen molar-refractivity contribution in [2.75, 3.05) is 12.4 Å². The fraction of sp³-hybridized carbons (Fsp3) is 0.125. The standard InChI is InChI=1S/C16H13F2N3O2/c1-22-12-4-2-3-10(7-12)16-21-20-15(23-16)9-19-14-6-5-11(17)8-13(14)18/h2-8,19H,9H2,1H3. The number of ether oxygens (including phenoxy) is 1. The van der Waals surface area contributed by atoms with Crippen LogP contribution in [0.1, 0.15) is 5.89 Å². The minimum atomic E-state index is -0.683. The van der Waals surface area contributed by atoms with Crippen LogP contribution in [0.5, 0.6) is 5.75 Å². The zero-order chi connectivity index (χ0) is 16.2. The maximum Gasteiger partial charge on any atom is 0.247 e.